The van der Waals surface area contributed by atoms with E-state index in [4.69, 9.17) is 0 Å². The van der Waals surface area contributed by atoms with Crippen molar-refractivity contribution in [1.29, 1.82) is 0 Å². The number of hydrogen-bond acceptors (Lipinski definition) is 2. The molecule has 0 aromatic heterocycles. The number of urea groups is 1. The van der Waals surface area contributed by atoms with Gasteiger partial charge in [-0.2, -0.15) is 0 Å². The van der Waals surface area contributed by atoms with Crippen LogP contribution in [-0.4, -0.2) is 42.5 Å². The second-order valence-electron chi connectivity index (χ2n) is 9.35. The summed E-state index contributed by atoms with van der Waals surface area (Å²) < 4.78 is 0. The molecule has 1 saturated heterocycles. The van der Waals surface area contributed by atoms with Crippen molar-refractivity contribution >= 4 is 11.9 Å². The summed E-state index contributed by atoms with van der Waals surface area (Å²) in [6, 6.07) is 10.8. The summed E-state index contributed by atoms with van der Waals surface area (Å²) in [4.78, 5) is 27.1. The van der Waals surface area contributed by atoms with E-state index in [1.807, 2.05) is 23.1 Å². The average molecular weight is 398 g/mol. The standard InChI is InChI=1S/C24H35N3O2/c28-22(26-21-10-11-21)12-9-20-17-27(18-24(20)14-5-2-6-15-24)23(29)25-16-13-19-7-3-1-4-8-19/h1,3-4,7-8,20-21H,2,5-6,9-18H2,(H,25,29)(H,26,28). The van der Waals surface area contributed by atoms with E-state index in [0.717, 1.165) is 38.8 Å². The van der Waals surface area contributed by atoms with Gasteiger partial charge in [0.15, 0.2) is 0 Å². The molecule has 158 valence electrons. The van der Waals surface area contributed by atoms with Gasteiger partial charge in [0.2, 0.25) is 5.91 Å². The van der Waals surface area contributed by atoms with Gasteiger partial charge in [-0.05, 0) is 55.4 Å². The molecule has 3 aliphatic rings. The van der Waals surface area contributed by atoms with E-state index in [0.29, 0.717) is 24.9 Å². The topological polar surface area (TPSA) is 61.4 Å². The molecule has 1 heterocycles. The zero-order valence-electron chi connectivity index (χ0n) is 17.5. The summed E-state index contributed by atoms with van der Waals surface area (Å²) >= 11 is 0. The van der Waals surface area contributed by atoms with Gasteiger partial charge in [0, 0.05) is 32.1 Å². The van der Waals surface area contributed by atoms with Crippen LogP contribution in [0.25, 0.3) is 0 Å². The Labute approximate surface area is 174 Å². The second kappa shape index (κ2) is 9.19. The Hall–Kier alpha value is -2.04. The third-order valence-electron chi connectivity index (χ3n) is 7.14. The number of likely N-dealkylation sites (tertiary alicyclic amines) is 1. The maximum absolute atomic E-state index is 12.8. The summed E-state index contributed by atoms with van der Waals surface area (Å²) in [5.41, 5.74) is 1.48. The molecule has 1 aromatic rings. The van der Waals surface area contributed by atoms with Gasteiger partial charge in [-0.1, -0.05) is 49.6 Å². The van der Waals surface area contributed by atoms with E-state index in [9.17, 15) is 9.59 Å². The van der Waals surface area contributed by atoms with E-state index >= 15 is 0 Å². The fourth-order valence-electron chi connectivity index (χ4n) is 5.31. The van der Waals surface area contributed by atoms with Crippen molar-refractivity contribution in [3.63, 3.8) is 0 Å². The first-order valence-corrected chi connectivity index (χ1v) is 11.5. The van der Waals surface area contributed by atoms with E-state index in [2.05, 4.69) is 22.8 Å². The molecule has 5 heteroatoms. The number of nitrogens with one attached hydrogen (secondary N) is 2. The molecule has 2 saturated carbocycles. The van der Waals surface area contributed by atoms with Gasteiger partial charge in [-0.25, -0.2) is 4.79 Å². The van der Waals surface area contributed by atoms with Crippen molar-refractivity contribution in [3.05, 3.63) is 35.9 Å². The zero-order chi connectivity index (χ0) is 20.1. The minimum atomic E-state index is 0.0656. The molecule has 2 N–H and O–H groups in total. The smallest absolute Gasteiger partial charge is 0.317 e. The number of amides is 3. The lowest BCUT2D eigenvalue weighted by Crippen LogP contribution is -2.41. The highest BCUT2D eigenvalue weighted by Gasteiger charge is 2.47. The van der Waals surface area contributed by atoms with Gasteiger partial charge >= 0.3 is 6.03 Å². The maximum Gasteiger partial charge on any atom is 0.317 e. The Kier molecular flexibility index (Phi) is 6.41. The zero-order valence-corrected chi connectivity index (χ0v) is 17.5. The van der Waals surface area contributed by atoms with Crippen LogP contribution in [0.15, 0.2) is 30.3 Å². The van der Waals surface area contributed by atoms with Crippen molar-refractivity contribution < 1.29 is 9.59 Å². The van der Waals surface area contributed by atoms with E-state index in [1.165, 1.54) is 37.7 Å². The fourth-order valence-corrected chi connectivity index (χ4v) is 5.31. The van der Waals surface area contributed by atoms with Crippen LogP contribution in [0.5, 0.6) is 0 Å². The third kappa shape index (κ3) is 5.31. The Morgan fingerprint density at radius 1 is 1.07 bits per heavy atom. The number of rotatable bonds is 7. The highest BCUT2D eigenvalue weighted by Crippen LogP contribution is 2.49. The van der Waals surface area contributed by atoms with Crippen LogP contribution in [0.2, 0.25) is 0 Å². The van der Waals surface area contributed by atoms with Gasteiger partial charge in [0.05, 0.1) is 0 Å². The molecule has 29 heavy (non-hydrogen) atoms. The number of carbonyl (C=O) groups excluding carboxylic acids is 2. The van der Waals surface area contributed by atoms with Crippen LogP contribution >= 0.6 is 0 Å². The van der Waals surface area contributed by atoms with Gasteiger partial charge in [0.1, 0.15) is 0 Å². The normalized spacial score (nSPS) is 23.2. The van der Waals surface area contributed by atoms with Crippen molar-refractivity contribution in [2.24, 2.45) is 11.3 Å². The molecule has 1 aliphatic heterocycles. The molecule has 3 fully saturated rings. The Bertz CT molecular complexity index is 695. The molecule has 3 amide bonds. The first-order valence-electron chi connectivity index (χ1n) is 11.5. The highest BCUT2D eigenvalue weighted by molar-refractivity contribution is 5.77. The van der Waals surface area contributed by atoms with Crippen LogP contribution in [0.3, 0.4) is 0 Å². The molecule has 5 nitrogen and oxygen atoms in total. The first kappa shape index (κ1) is 20.2. The molecule has 0 bridgehead atoms. The SMILES string of the molecule is O=C(CCC1CN(C(=O)NCCc2ccccc2)CC12CCCCC2)NC1CC1. The number of carbonyl (C=O) groups is 2. The van der Waals surface area contributed by atoms with Gasteiger partial charge in [0.25, 0.3) is 0 Å². The fraction of sp³-hybridized carbons (Fsp3) is 0.667. The number of benzene rings is 1. The van der Waals surface area contributed by atoms with Crippen molar-refractivity contribution in [1.82, 2.24) is 15.5 Å². The third-order valence-corrected chi connectivity index (χ3v) is 7.14. The van der Waals surface area contributed by atoms with E-state index < -0.39 is 0 Å². The molecule has 1 aromatic carbocycles. The molecular formula is C24H35N3O2. The van der Waals surface area contributed by atoms with Gasteiger partial charge in [-0.15, -0.1) is 0 Å². The van der Waals surface area contributed by atoms with Crippen molar-refractivity contribution in [2.75, 3.05) is 19.6 Å². The summed E-state index contributed by atoms with van der Waals surface area (Å²) in [5.74, 6) is 0.650. The van der Waals surface area contributed by atoms with Crippen LogP contribution in [-0.2, 0) is 11.2 Å². The lowest BCUT2D eigenvalue weighted by molar-refractivity contribution is -0.121. The second-order valence-corrected chi connectivity index (χ2v) is 9.35. The van der Waals surface area contributed by atoms with Crippen LogP contribution in [0.1, 0.15) is 63.4 Å². The van der Waals surface area contributed by atoms with E-state index in [1.54, 1.807) is 0 Å². The van der Waals surface area contributed by atoms with Gasteiger partial charge in [-0.3, -0.25) is 4.79 Å². The number of hydrogen-bond donors (Lipinski definition) is 2. The monoisotopic (exact) mass is 397 g/mol. The summed E-state index contributed by atoms with van der Waals surface area (Å²) in [6.45, 7) is 2.33. The summed E-state index contributed by atoms with van der Waals surface area (Å²) in [5, 5.41) is 6.24. The number of nitrogens with zero attached hydrogens (tertiary/aromatic N) is 1. The molecule has 1 spiro atoms. The molecule has 1 atom stereocenters. The largest absolute Gasteiger partial charge is 0.353 e. The van der Waals surface area contributed by atoms with Crippen molar-refractivity contribution in [3.8, 4) is 0 Å². The lowest BCUT2D eigenvalue weighted by atomic mass is 9.66. The van der Waals surface area contributed by atoms with Gasteiger partial charge < -0.3 is 15.5 Å². The lowest BCUT2D eigenvalue weighted by Gasteiger charge is -2.38. The quantitative estimate of drug-likeness (QED) is 0.733. The van der Waals surface area contributed by atoms with E-state index in [-0.39, 0.29) is 17.4 Å². The minimum Gasteiger partial charge on any atom is -0.353 e. The maximum atomic E-state index is 12.8. The molecule has 0 radical (unpaired) electrons. The predicted octanol–water partition coefficient (Wildman–Crippen LogP) is 3.88. The summed E-state index contributed by atoms with van der Waals surface area (Å²) in [6.07, 6.45) is 10.9. The highest BCUT2D eigenvalue weighted by atomic mass is 16.2. The molecule has 2 aliphatic carbocycles. The molecular weight excluding hydrogens is 362 g/mol. The first-order chi connectivity index (χ1) is 14.1. The molecule has 1 unspecified atom stereocenters. The predicted molar refractivity (Wildman–Crippen MR) is 115 cm³/mol. The minimum absolute atomic E-state index is 0.0656. The van der Waals surface area contributed by atoms with Crippen molar-refractivity contribution in [2.45, 2.75) is 70.3 Å². The Morgan fingerprint density at radius 3 is 2.55 bits per heavy atom. The Morgan fingerprint density at radius 2 is 1.83 bits per heavy atom. The van der Waals surface area contributed by atoms with Crippen LogP contribution in [0.4, 0.5) is 4.79 Å². The Balaban J connectivity index is 1.30. The average Bonchev–Trinajstić information content (AvgIpc) is 3.48. The molecule has 4 rings (SSSR count). The van der Waals surface area contributed by atoms with Crippen LogP contribution < -0.4 is 10.6 Å². The summed E-state index contributed by atoms with van der Waals surface area (Å²) in [7, 11) is 0. The van der Waals surface area contributed by atoms with Crippen LogP contribution in [0, 0.1) is 11.3 Å².